The van der Waals surface area contributed by atoms with Crippen molar-refractivity contribution in [2.24, 2.45) is 23.5 Å². The molecule has 2 fully saturated rings. The molecule has 5 nitrogen and oxygen atoms in total. The van der Waals surface area contributed by atoms with E-state index in [1.165, 1.54) is 0 Å². The van der Waals surface area contributed by atoms with Crippen molar-refractivity contribution in [1.82, 2.24) is 5.32 Å². The molecule has 2 aliphatic carbocycles. The molecule has 0 spiro atoms. The third-order valence-corrected chi connectivity index (χ3v) is 4.46. The fourth-order valence-electron chi connectivity index (χ4n) is 3.38. The zero-order valence-corrected chi connectivity index (χ0v) is 10.6. The maximum absolute atomic E-state index is 12.2. The minimum Gasteiger partial charge on any atom is -0.481 e. The van der Waals surface area contributed by atoms with Gasteiger partial charge in [0.25, 0.3) is 0 Å². The van der Waals surface area contributed by atoms with Gasteiger partial charge in [-0.25, -0.2) is 0 Å². The van der Waals surface area contributed by atoms with Gasteiger partial charge in [-0.2, -0.15) is 0 Å². The number of hydrogen-bond donors (Lipinski definition) is 3. The third kappa shape index (κ3) is 2.66. The monoisotopic (exact) mass is 254 g/mol. The Morgan fingerprint density at radius 2 is 1.78 bits per heavy atom. The molecular weight excluding hydrogens is 232 g/mol. The second-order valence-corrected chi connectivity index (χ2v) is 5.52. The predicted octanol–water partition coefficient (Wildman–Crippen LogP) is 0.731. The first kappa shape index (κ1) is 13.3. The summed E-state index contributed by atoms with van der Waals surface area (Å²) in [6, 6.07) is -0.186. The van der Waals surface area contributed by atoms with Crippen LogP contribution in [0, 0.1) is 17.8 Å². The highest BCUT2D eigenvalue weighted by molar-refractivity contribution is 5.81. The molecule has 5 heteroatoms. The normalized spacial score (nSPS) is 35.6. The van der Waals surface area contributed by atoms with Crippen LogP contribution in [-0.4, -0.2) is 29.6 Å². The third-order valence-electron chi connectivity index (χ3n) is 4.46. The molecule has 0 aliphatic heterocycles. The van der Waals surface area contributed by atoms with Gasteiger partial charge in [0.05, 0.1) is 5.92 Å². The van der Waals surface area contributed by atoms with Crippen molar-refractivity contribution >= 4 is 11.9 Å². The summed E-state index contributed by atoms with van der Waals surface area (Å²) in [6.07, 6.45) is 5.29. The highest BCUT2D eigenvalue weighted by atomic mass is 16.4. The van der Waals surface area contributed by atoms with Gasteiger partial charge in [0.15, 0.2) is 0 Å². The summed E-state index contributed by atoms with van der Waals surface area (Å²) in [5, 5.41) is 12.0. The van der Waals surface area contributed by atoms with Crippen LogP contribution in [-0.2, 0) is 9.59 Å². The van der Waals surface area contributed by atoms with Gasteiger partial charge in [0.1, 0.15) is 0 Å². The second-order valence-electron chi connectivity index (χ2n) is 5.52. The van der Waals surface area contributed by atoms with Gasteiger partial charge in [-0.15, -0.1) is 0 Å². The largest absolute Gasteiger partial charge is 0.481 e. The van der Waals surface area contributed by atoms with Crippen LogP contribution < -0.4 is 11.1 Å². The van der Waals surface area contributed by atoms with Gasteiger partial charge in [-0.3, -0.25) is 9.59 Å². The number of carbonyl (C=O) groups excluding carboxylic acids is 1. The van der Waals surface area contributed by atoms with Gasteiger partial charge in [-0.1, -0.05) is 12.8 Å². The number of amides is 1. The highest BCUT2D eigenvalue weighted by Gasteiger charge is 2.37. The molecule has 0 aromatic carbocycles. The second kappa shape index (κ2) is 5.69. The lowest BCUT2D eigenvalue weighted by molar-refractivity contribution is -0.142. The van der Waals surface area contributed by atoms with Crippen molar-refractivity contribution in [2.45, 2.75) is 44.6 Å². The lowest BCUT2D eigenvalue weighted by Gasteiger charge is -2.22. The highest BCUT2D eigenvalue weighted by Crippen LogP contribution is 2.32. The maximum atomic E-state index is 12.2. The van der Waals surface area contributed by atoms with Crippen molar-refractivity contribution in [1.29, 1.82) is 0 Å². The average Bonchev–Trinajstić information content (AvgIpc) is 2.96. The summed E-state index contributed by atoms with van der Waals surface area (Å²) in [4.78, 5) is 23.2. The standard InChI is InChI=1S/C13H22N2O3/c14-7-8-3-1-4-9(8)12(16)15-11-6-2-5-10(11)13(17)18/h8-11H,1-7,14H2,(H,15,16)(H,17,18). The number of nitrogens with two attached hydrogens (primary N) is 1. The van der Waals surface area contributed by atoms with Gasteiger partial charge >= 0.3 is 5.97 Å². The van der Waals surface area contributed by atoms with E-state index in [-0.39, 0.29) is 23.8 Å². The van der Waals surface area contributed by atoms with Crippen LogP contribution in [0.5, 0.6) is 0 Å². The molecule has 0 radical (unpaired) electrons. The van der Waals surface area contributed by atoms with E-state index in [0.29, 0.717) is 13.0 Å². The van der Waals surface area contributed by atoms with E-state index in [4.69, 9.17) is 10.8 Å². The quantitative estimate of drug-likeness (QED) is 0.689. The topological polar surface area (TPSA) is 92.4 Å². The molecule has 0 aromatic heterocycles. The SMILES string of the molecule is NCC1CCCC1C(=O)NC1CCCC1C(=O)O. The van der Waals surface area contributed by atoms with E-state index in [2.05, 4.69) is 5.32 Å². The molecule has 0 bridgehead atoms. The molecule has 0 aromatic rings. The number of carboxylic acids is 1. The molecule has 4 unspecified atom stereocenters. The van der Waals surface area contributed by atoms with Crippen LogP contribution in [0.15, 0.2) is 0 Å². The first-order valence-electron chi connectivity index (χ1n) is 6.86. The Morgan fingerprint density at radius 3 is 2.44 bits per heavy atom. The Hall–Kier alpha value is -1.10. The minimum absolute atomic E-state index is 0.00922. The van der Waals surface area contributed by atoms with Gasteiger partial charge < -0.3 is 16.2 Å². The summed E-state index contributed by atoms with van der Waals surface area (Å²) in [5.41, 5.74) is 5.67. The first-order valence-corrected chi connectivity index (χ1v) is 6.86. The summed E-state index contributed by atoms with van der Waals surface area (Å²) in [5.74, 6) is -0.924. The molecule has 18 heavy (non-hydrogen) atoms. The number of rotatable bonds is 4. The average molecular weight is 254 g/mol. The Morgan fingerprint density at radius 1 is 1.11 bits per heavy atom. The Labute approximate surface area is 107 Å². The van der Waals surface area contributed by atoms with Crippen LogP contribution in [0.3, 0.4) is 0 Å². The number of carboxylic acid groups (broad SMARTS) is 1. The number of aliphatic carboxylic acids is 1. The Balaban J connectivity index is 1.92. The van der Waals surface area contributed by atoms with Crippen LogP contribution in [0.1, 0.15) is 38.5 Å². The van der Waals surface area contributed by atoms with E-state index < -0.39 is 11.9 Å². The maximum Gasteiger partial charge on any atom is 0.308 e. The molecule has 2 rings (SSSR count). The van der Waals surface area contributed by atoms with Crippen molar-refractivity contribution in [2.75, 3.05) is 6.54 Å². The molecule has 1 amide bonds. The van der Waals surface area contributed by atoms with E-state index in [1.54, 1.807) is 0 Å². The van der Waals surface area contributed by atoms with Crippen LogP contribution in [0.2, 0.25) is 0 Å². The Kier molecular flexibility index (Phi) is 4.22. The molecule has 2 aliphatic rings. The molecule has 2 saturated carbocycles. The lowest BCUT2D eigenvalue weighted by Crippen LogP contribution is -2.44. The van der Waals surface area contributed by atoms with Crippen LogP contribution >= 0.6 is 0 Å². The Bertz CT molecular complexity index is 332. The van der Waals surface area contributed by atoms with E-state index >= 15 is 0 Å². The fraction of sp³-hybridized carbons (Fsp3) is 0.846. The molecule has 0 heterocycles. The van der Waals surface area contributed by atoms with Gasteiger partial charge in [0, 0.05) is 12.0 Å². The smallest absolute Gasteiger partial charge is 0.308 e. The van der Waals surface area contributed by atoms with Gasteiger partial charge in [-0.05, 0) is 38.1 Å². The summed E-state index contributed by atoms with van der Waals surface area (Å²) in [6.45, 7) is 0.547. The number of carbonyl (C=O) groups is 2. The van der Waals surface area contributed by atoms with Crippen molar-refractivity contribution in [3.63, 3.8) is 0 Å². The van der Waals surface area contributed by atoms with Gasteiger partial charge in [0.2, 0.25) is 5.91 Å². The fourth-order valence-corrected chi connectivity index (χ4v) is 3.38. The molecule has 4 atom stereocenters. The number of hydrogen-bond acceptors (Lipinski definition) is 3. The van der Waals surface area contributed by atoms with Crippen molar-refractivity contribution in [3.8, 4) is 0 Å². The zero-order chi connectivity index (χ0) is 13.1. The van der Waals surface area contributed by atoms with E-state index in [1.807, 2.05) is 0 Å². The summed E-state index contributed by atoms with van der Waals surface area (Å²) in [7, 11) is 0. The predicted molar refractivity (Wildman–Crippen MR) is 66.8 cm³/mol. The van der Waals surface area contributed by atoms with E-state index in [0.717, 1.165) is 32.1 Å². The van der Waals surface area contributed by atoms with Crippen molar-refractivity contribution < 1.29 is 14.7 Å². The number of nitrogens with one attached hydrogen (secondary N) is 1. The molecule has 102 valence electrons. The van der Waals surface area contributed by atoms with E-state index in [9.17, 15) is 9.59 Å². The van der Waals surface area contributed by atoms with Crippen LogP contribution in [0.25, 0.3) is 0 Å². The summed E-state index contributed by atoms with van der Waals surface area (Å²) >= 11 is 0. The molecule has 4 N–H and O–H groups in total. The zero-order valence-electron chi connectivity index (χ0n) is 10.6. The first-order chi connectivity index (χ1) is 8.63. The minimum atomic E-state index is -0.792. The van der Waals surface area contributed by atoms with Crippen molar-refractivity contribution in [3.05, 3.63) is 0 Å². The van der Waals surface area contributed by atoms with Crippen LogP contribution in [0.4, 0.5) is 0 Å². The lowest BCUT2D eigenvalue weighted by atomic mass is 9.94. The summed E-state index contributed by atoms with van der Waals surface area (Å²) < 4.78 is 0. The molecule has 0 saturated heterocycles. The molecular formula is C13H22N2O3.